The van der Waals surface area contributed by atoms with Crippen LogP contribution in [-0.4, -0.2) is 32.8 Å². The molecule has 0 aliphatic carbocycles. The van der Waals surface area contributed by atoms with Crippen molar-refractivity contribution < 1.29 is 0 Å². The predicted molar refractivity (Wildman–Crippen MR) is 189 cm³/mol. The average molecular weight is 581 g/mol. The number of para-hydroxylation sites is 6. The van der Waals surface area contributed by atoms with E-state index in [1.807, 2.05) is 7.05 Å². The number of nitrogens with one attached hydrogen (secondary N) is 1. The van der Waals surface area contributed by atoms with Gasteiger partial charge in [0, 0.05) is 39.4 Å². The van der Waals surface area contributed by atoms with Gasteiger partial charge in [-0.25, -0.2) is 0 Å². The maximum atomic E-state index is 5.43. The van der Waals surface area contributed by atoms with Gasteiger partial charge in [-0.2, -0.15) is 4.99 Å². The summed E-state index contributed by atoms with van der Waals surface area (Å²) in [4.78, 5) is 10.3. The summed E-state index contributed by atoms with van der Waals surface area (Å²) in [7, 11) is 1.81. The van der Waals surface area contributed by atoms with E-state index in [-0.39, 0.29) is 0 Å². The van der Waals surface area contributed by atoms with Gasteiger partial charge in [-0.05, 0) is 36.4 Å². The molecule has 45 heavy (non-hydrogen) atoms. The van der Waals surface area contributed by atoms with Crippen LogP contribution >= 0.6 is 0 Å². The standard InChI is InChI=1S/C39H28N6/c1-40-38(43-32-20-8-2-14-26(32)27-15-3-9-21-33(27)43)41-39(44-34-22-10-4-16-28(34)29-17-5-11-23-35(29)44)42-45-36-24-12-6-18-30(36)31-19-7-13-25-37(31)45/h2-25H,1H3,(H,40,41,42). The van der Waals surface area contributed by atoms with Gasteiger partial charge in [-0.15, -0.1) is 0 Å². The molecule has 1 N–H and O–H groups in total. The van der Waals surface area contributed by atoms with Crippen LogP contribution in [0.25, 0.3) is 65.4 Å². The summed E-state index contributed by atoms with van der Waals surface area (Å²) in [6.45, 7) is 0. The van der Waals surface area contributed by atoms with Gasteiger partial charge >= 0.3 is 0 Å². The van der Waals surface area contributed by atoms with Crippen molar-refractivity contribution in [2.24, 2.45) is 9.98 Å². The van der Waals surface area contributed by atoms with Gasteiger partial charge in [0.15, 0.2) is 0 Å². The van der Waals surface area contributed by atoms with E-state index in [4.69, 9.17) is 9.98 Å². The van der Waals surface area contributed by atoms with Crippen molar-refractivity contribution >= 4 is 77.3 Å². The highest BCUT2D eigenvalue weighted by atomic mass is 15.5. The fraction of sp³-hybridized carbons (Fsp3) is 0.0256. The molecule has 0 radical (unpaired) electrons. The Bertz CT molecular complexity index is 2490. The van der Waals surface area contributed by atoms with Gasteiger partial charge < -0.3 is 0 Å². The third-order valence-corrected chi connectivity index (χ3v) is 8.77. The normalized spacial score (nSPS) is 12.8. The number of benzene rings is 6. The van der Waals surface area contributed by atoms with Crippen LogP contribution in [0.2, 0.25) is 0 Å². The second kappa shape index (κ2) is 9.96. The first-order chi connectivity index (χ1) is 22.3. The number of rotatable bonds is 1. The van der Waals surface area contributed by atoms with Gasteiger partial charge in [-0.1, -0.05) is 109 Å². The van der Waals surface area contributed by atoms with Crippen molar-refractivity contribution in [3.8, 4) is 0 Å². The van der Waals surface area contributed by atoms with Crippen LogP contribution in [0.4, 0.5) is 0 Å². The highest BCUT2D eigenvalue weighted by molar-refractivity contribution is 6.20. The smallest absolute Gasteiger partial charge is 0.233 e. The average Bonchev–Trinajstić information content (AvgIpc) is 3.73. The first-order valence-corrected chi connectivity index (χ1v) is 15.1. The Morgan fingerprint density at radius 2 is 0.733 bits per heavy atom. The summed E-state index contributed by atoms with van der Waals surface area (Å²) in [5.41, 5.74) is 10.2. The molecule has 0 aliphatic rings. The summed E-state index contributed by atoms with van der Waals surface area (Å²) < 4.78 is 6.52. The van der Waals surface area contributed by atoms with E-state index in [0.29, 0.717) is 11.9 Å². The van der Waals surface area contributed by atoms with Crippen LogP contribution in [0.5, 0.6) is 0 Å². The fourth-order valence-corrected chi connectivity index (χ4v) is 6.85. The molecule has 3 heterocycles. The Hall–Kier alpha value is -6.14. The molecule has 9 aromatic rings. The van der Waals surface area contributed by atoms with Gasteiger partial charge in [0.1, 0.15) is 0 Å². The van der Waals surface area contributed by atoms with Crippen LogP contribution in [0.1, 0.15) is 0 Å². The van der Waals surface area contributed by atoms with E-state index < -0.39 is 0 Å². The minimum Gasteiger partial charge on any atom is -0.278 e. The molecular formula is C39H28N6. The molecule has 0 fully saturated rings. The predicted octanol–water partition coefficient (Wildman–Crippen LogP) is 8.99. The zero-order chi connectivity index (χ0) is 29.9. The highest BCUT2D eigenvalue weighted by Crippen LogP contribution is 2.32. The molecular weight excluding hydrogens is 552 g/mol. The van der Waals surface area contributed by atoms with Crippen LogP contribution in [0.3, 0.4) is 0 Å². The number of fused-ring (bicyclic) bond motifs is 9. The highest BCUT2D eigenvalue weighted by Gasteiger charge is 2.20. The molecule has 0 atom stereocenters. The Kier molecular flexibility index (Phi) is 5.62. The van der Waals surface area contributed by atoms with E-state index in [1.54, 1.807) is 0 Å². The molecule has 0 aliphatic heterocycles. The summed E-state index contributed by atoms with van der Waals surface area (Å²) >= 11 is 0. The molecule has 6 nitrogen and oxygen atoms in total. The van der Waals surface area contributed by atoms with Crippen molar-refractivity contribution in [1.29, 1.82) is 0 Å². The number of hydrogen-bond donors (Lipinski definition) is 1. The summed E-state index contributed by atoms with van der Waals surface area (Å²) in [5.74, 6) is 1.22. The molecule has 0 spiro atoms. The largest absolute Gasteiger partial charge is 0.278 e. The number of hydrogen-bond acceptors (Lipinski definition) is 1. The van der Waals surface area contributed by atoms with Crippen molar-refractivity contribution in [2.75, 3.05) is 12.5 Å². The van der Waals surface area contributed by atoms with Crippen molar-refractivity contribution in [1.82, 2.24) is 13.8 Å². The number of nitrogens with zero attached hydrogens (tertiary/aromatic N) is 5. The first kappa shape index (κ1) is 25.4. The number of aromatic nitrogens is 3. The second-order valence-electron chi connectivity index (χ2n) is 11.2. The van der Waals surface area contributed by atoms with E-state index in [9.17, 15) is 0 Å². The topological polar surface area (TPSA) is 51.5 Å². The first-order valence-electron chi connectivity index (χ1n) is 15.1. The maximum Gasteiger partial charge on any atom is 0.233 e. The van der Waals surface area contributed by atoms with E-state index in [0.717, 1.165) is 43.9 Å². The van der Waals surface area contributed by atoms with Crippen molar-refractivity contribution in [3.63, 3.8) is 0 Å². The molecule has 214 valence electrons. The Balaban J connectivity index is 1.37. The quantitative estimate of drug-likeness (QED) is 0.153. The molecule has 6 aromatic carbocycles. The molecule has 0 saturated carbocycles. The van der Waals surface area contributed by atoms with Crippen LogP contribution < -0.4 is 5.43 Å². The summed E-state index contributed by atoms with van der Waals surface area (Å²) in [6.07, 6.45) is 0. The maximum absolute atomic E-state index is 5.43. The molecule has 9 rings (SSSR count). The summed E-state index contributed by atoms with van der Waals surface area (Å²) in [5, 5.41) is 7.01. The third-order valence-electron chi connectivity index (χ3n) is 8.77. The second-order valence-corrected chi connectivity index (χ2v) is 11.2. The van der Waals surface area contributed by atoms with Crippen LogP contribution in [0, 0.1) is 0 Å². The zero-order valence-corrected chi connectivity index (χ0v) is 24.6. The van der Waals surface area contributed by atoms with Gasteiger partial charge in [0.05, 0.1) is 33.1 Å². The van der Waals surface area contributed by atoms with Crippen molar-refractivity contribution in [3.05, 3.63) is 146 Å². The Labute approximate surface area is 258 Å². The Morgan fingerprint density at radius 3 is 1.11 bits per heavy atom. The lowest BCUT2D eigenvalue weighted by atomic mass is 10.2. The minimum absolute atomic E-state index is 0.581. The third kappa shape index (κ3) is 3.76. The zero-order valence-electron chi connectivity index (χ0n) is 24.6. The summed E-state index contributed by atoms with van der Waals surface area (Å²) in [6, 6.07) is 50.9. The molecule has 0 unspecified atom stereocenters. The van der Waals surface area contributed by atoms with E-state index >= 15 is 0 Å². The van der Waals surface area contributed by atoms with E-state index in [1.165, 1.54) is 21.5 Å². The van der Waals surface area contributed by atoms with Gasteiger partial charge in [-0.3, -0.25) is 24.2 Å². The monoisotopic (exact) mass is 580 g/mol. The van der Waals surface area contributed by atoms with E-state index in [2.05, 4.69) is 165 Å². The molecule has 0 amide bonds. The molecule has 0 saturated heterocycles. The van der Waals surface area contributed by atoms with Crippen LogP contribution in [-0.2, 0) is 0 Å². The molecule has 6 heteroatoms. The number of aliphatic imine (C=N–C) groups is 2. The fourth-order valence-electron chi connectivity index (χ4n) is 6.85. The lowest BCUT2D eigenvalue weighted by Gasteiger charge is -2.17. The molecule has 3 aromatic heterocycles. The SMILES string of the molecule is CN=C(N=C(Nn1c2ccccc2c2ccccc21)n1c2ccccc2c2ccccc21)n1c2ccccc2c2ccccc21. The van der Waals surface area contributed by atoms with Crippen LogP contribution in [0.15, 0.2) is 156 Å². The Morgan fingerprint density at radius 1 is 0.422 bits per heavy atom. The molecule has 0 bridgehead atoms. The lowest BCUT2D eigenvalue weighted by molar-refractivity contribution is 1.04. The lowest BCUT2D eigenvalue weighted by Crippen LogP contribution is -2.31. The van der Waals surface area contributed by atoms with Gasteiger partial charge in [0.25, 0.3) is 0 Å². The van der Waals surface area contributed by atoms with Gasteiger partial charge in [0.2, 0.25) is 11.9 Å². The minimum atomic E-state index is 0.581. The van der Waals surface area contributed by atoms with Crippen molar-refractivity contribution in [2.45, 2.75) is 0 Å².